The predicted octanol–water partition coefficient (Wildman–Crippen LogP) is 2.89. The first-order valence-corrected chi connectivity index (χ1v) is 10.3. The summed E-state index contributed by atoms with van der Waals surface area (Å²) in [6, 6.07) is 5.63. The van der Waals surface area contributed by atoms with Crippen LogP contribution in [0.3, 0.4) is 0 Å². The van der Waals surface area contributed by atoms with Crippen molar-refractivity contribution in [1.82, 2.24) is 14.3 Å². The van der Waals surface area contributed by atoms with Crippen molar-refractivity contribution in [3.63, 3.8) is 0 Å². The van der Waals surface area contributed by atoms with Crippen LogP contribution in [-0.4, -0.2) is 58.1 Å². The van der Waals surface area contributed by atoms with Crippen LogP contribution in [0.1, 0.15) is 61.7 Å². The third-order valence-electron chi connectivity index (χ3n) is 5.91. The second kappa shape index (κ2) is 7.70. The molecule has 0 amide bonds. The molecule has 0 atom stereocenters. The van der Waals surface area contributed by atoms with Crippen molar-refractivity contribution in [3.05, 3.63) is 70.6 Å². The van der Waals surface area contributed by atoms with Crippen molar-refractivity contribution >= 4 is 23.1 Å². The van der Waals surface area contributed by atoms with E-state index >= 15 is 0 Å². The number of aromatic nitrogens is 2. The molecule has 0 N–H and O–H groups in total. The molecule has 0 radical (unpaired) electrons. The molecule has 3 aromatic heterocycles. The first-order chi connectivity index (χ1) is 15.1. The number of pyridine rings is 2. The predicted molar refractivity (Wildman–Crippen MR) is 109 cm³/mol. The van der Waals surface area contributed by atoms with Crippen LogP contribution in [0.2, 0.25) is 0 Å². The topological polar surface area (TPSA) is 81.0 Å². The van der Waals surface area contributed by atoms with Gasteiger partial charge in [0.15, 0.2) is 5.78 Å². The van der Waals surface area contributed by atoms with Crippen LogP contribution in [0.4, 0.5) is 4.39 Å². The van der Waals surface area contributed by atoms with Crippen LogP contribution in [0.25, 0.3) is 5.52 Å². The van der Waals surface area contributed by atoms with Gasteiger partial charge < -0.3 is 9.14 Å². The van der Waals surface area contributed by atoms with Crippen molar-refractivity contribution in [2.75, 3.05) is 26.2 Å². The molecule has 1 fully saturated rings. The van der Waals surface area contributed by atoms with E-state index in [0.717, 1.165) is 25.9 Å². The summed E-state index contributed by atoms with van der Waals surface area (Å²) in [6.07, 6.45) is 6.30. The van der Waals surface area contributed by atoms with Crippen LogP contribution in [0.15, 0.2) is 36.7 Å². The molecule has 0 aromatic carbocycles. The Balaban J connectivity index is 1.56. The molecule has 3 aromatic rings. The molecule has 0 unspecified atom stereocenters. The number of carbonyl (C=O) groups is 3. The molecule has 0 bridgehead atoms. The van der Waals surface area contributed by atoms with E-state index in [1.165, 1.54) is 41.4 Å². The van der Waals surface area contributed by atoms with E-state index in [-0.39, 0.29) is 40.2 Å². The van der Waals surface area contributed by atoms with Gasteiger partial charge in [0.1, 0.15) is 29.4 Å². The summed E-state index contributed by atoms with van der Waals surface area (Å²) in [6.45, 7) is 2.60. The Labute approximate surface area is 177 Å². The quantitative estimate of drug-likeness (QED) is 0.472. The second-order valence-electron chi connectivity index (χ2n) is 7.77. The van der Waals surface area contributed by atoms with Crippen LogP contribution in [-0.2, 0) is 4.74 Å². The number of likely N-dealkylation sites (tertiary alicyclic amines) is 1. The summed E-state index contributed by atoms with van der Waals surface area (Å²) in [5.41, 5.74) is -0.441. The van der Waals surface area contributed by atoms with Gasteiger partial charge in [0.05, 0.1) is 16.6 Å². The van der Waals surface area contributed by atoms with Crippen LogP contribution in [0.5, 0.6) is 0 Å². The maximum Gasteiger partial charge on any atom is 0.341 e. The summed E-state index contributed by atoms with van der Waals surface area (Å²) < 4.78 is 21.5. The Morgan fingerprint density at radius 3 is 2.71 bits per heavy atom. The maximum atomic E-state index is 14.8. The molecule has 7 nitrogen and oxygen atoms in total. The Morgan fingerprint density at radius 1 is 1.10 bits per heavy atom. The molecule has 1 aliphatic carbocycles. The zero-order valence-electron chi connectivity index (χ0n) is 16.8. The molecule has 4 heterocycles. The van der Waals surface area contributed by atoms with Gasteiger partial charge in [0.25, 0.3) is 0 Å². The lowest BCUT2D eigenvalue weighted by atomic mass is 9.89. The summed E-state index contributed by atoms with van der Waals surface area (Å²) in [5.74, 6) is -2.59. The Bertz CT molecular complexity index is 1230. The molecule has 1 aliphatic heterocycles. The number of halogens is 1. The normalized spacial score (nSPS) is 16.3. The van der Waals surface area contributed by atoms with Crippen molar-refractivity contribution in [1.29, 1.82) is 0 Å². The van der Waals surface area contributed by atoms with Crippen LogP contribution >= 0.6 is 0 Å². The fourth-order valence-corrected chi connectivity index (χ4v) is 4.45. The largest absolute Gasteiger partial charge is 0.461 e. The fourth-order valence-electron chi connectivity index (χ4n) is 4.45. The van der Waals surface area contributed by atoms with Gasteiger partial charge in [-0.1, -0.05) is 6.42 Å². The summed E-state index contributed by atoms with van der Waals surface area (Å²) in [5, 5.41) is 0. The lowest BCUT2D eigenvalue weighted by molar-refractivity contribution is 0.0452. The number of piperidine rings is 1. The molecule has 1 saturated heterocycles. The van der Waals surface area contributed by atoms with E-state index in [2.05, 4.69) is 9.88 Å². The Kier molecular flexibility index (Phi) is 4.86. The molecule has 31 heavy (non-hydrogen) atoms. The molecule has 5 rings (SSSR count). The van der Waals surface area contributed by atoms with E-state index in [1.54, 1.807) is 6.07 Å². The van der Waals surface area contributed by atoms with Gasteiger partial charge in [-0.25, -0.2) is 9.18 Å². The smallest absolute Gasteiger partial charge is 0.341 e. The van der Waals surface area contributed by atoms with Gasteiger partial charge in [0, 0.05) is 18.9 Å². The number of carbonyl (C=O) groups excluding carboxylic acids is 3. The molecule has 2 aliphatic rings. The number of hydrogen-bond donors (Lipinski definition) is 0. The maximum absolute atomic E-state index is 14.8. The first kappa shape index (κ1) is 19.6. The highest BCUT2D eigenvalue weighted by Gasteiger charge is 2.40. The SMILES string of the molecule is O=C1c2cccnc2C(=O)c2c1c(C(=O)OCCN1CCCCC1)c1c(F)cccn21. The van der Waals surface area contributed by atoms with E-state index in [1.807, 2.05) is 0 Å². The number of nitrogens with zero attached hydrogens (tertiary/aromatic N) is 3. The monoisotopic (exact) mass is 421 g/mol. The lowest BCUT2D eigenvalue weighted by Crippen LogP contribution is -2.33. The number of fused-ring (bicyclic) bond motifs is 4. The molecule has 8 heteroatoms. The highest BCUT2D eigenvalue weighted by atomic mass is 19.1. The van der Waals surface area contributed by atoms with Gasteiger partial charge in [-0.3, -0.25) is 19.5 Å². The zero-order valence-corrected chi connectivity index (χ0v) is 16.8. The number of rotatable bonds is 4. The summed E-state index contributed by atoms with van der Waals surface area (Å²) >= 11 is 0. The van der Waals surface area contributed by atoms with Crippen LogP contribution in [0, 0.1) is 5.82 Å². The minimum Gasteiger partial charge on any atom is -0.461 e. The average Bonchev–Trinajstić information content (AvgIpc) is 3.15. The highest BCUT2D eigenvalue weighted by molar-refractivity contribution is 6.31. The fraction of sp³-hybridized carbons (Fsp3) is 0.304. The molecular formula is C23H20FN3O4. The number of esters is 1. The van der Waals surface area contributed by atoms with Crippen molar-refractivity contribution in [2.24, 2.45) is 0 Å². The van der Waals surface area contributed by atoms with E-state index in [4.69, 9.17) is 4.74 Å². The Hall–Kier alpha value is -3.39. The molecule has 158 valence electrons. The number of ether oxygens (including phenoxy) is 1. The minimum absolute atomic E-state index is 0.00585. The van der Waals surface area contributed by atoms with Crippen molar-refractivity contribution < 1.29 is 23.5 Å². The lowest BCUT2D eigenvalue weighted by Gasteiger charge is -2.25. The second-order valence-corrected chi connectivity index (χ2v) is 7.77. The van der Waals surface area contributed by atoms with Gasteiger partial charge in [-0.2, -0.15) is 0 Å². The van der Waals surface area contributed by atoms with Crippen LogP contribution < -0.4 is 0 Å². The van der Waals surface area contributed by atoms with Gasteiger partial charge in [0.2, 0.25) is 5.78 Å². The molecule has 0 saturated carbocycles. The van der Waals surface area contributed by atoms with Gasteiger partial charge in [-0.05, 0) is 50.2 Å². The summed E-state index contributed by atoms with van der Waals surface area (Å²) in [7, 11) is 0. The van der Waals surface area contributed by atoms with E-state index < -0.39 is 23.4 Å². The number of ketones is 2. The molecular weight excluding hydrogens is 401 g/mol. The summed E-state index contributed by atoms with van der Waals surface area (Å²) in [4.78, 5) is 45.7. The van der Waals surface area contributed by atoms with Gasteiger partial charge >= 0.3 is 5.97 Å². The Morgan fingerprint density at radius 2 is 1.90 bits per heavy atom. The first-order valence-electron chi connectivity index (χ1n) is 10.3. The standard InChI is InChI=1S/C23H20FN3O4/c24-15-7-5-11-27-19(15)17(23(30)31-13-12-26-9-2-1-3-10-26)16-20(27)22(29)18-14(21(16)28)6-4-8-25-18/h4-8,11H,1-3,9-10,12-13H2. The highest BCUT2D eigenvalue weighted by Crippen LogP contribution is 2.34. The van der Waals surface area contributed by atoms with E-state index in [0.29, 0.717) is 6.54 Å². The zero-order chi connectivity index (χ0) is 21.5. The minimum atomic E-state index is -0.811. The van der Waals surface area contributed by atoms with E-state index in [9.17, 15) is 18.8 Å². The van der Waals surface area contributed by atoms with Crippen molar-refractivity contribution in [2.45, 2.75) is 19.3 Å². The van der Waals surface area contributed by atoms with Gasteiger partial charge in [-0.15, -0.1) is 0 Å². The molecule has 0 spiro atoms. The average molecular weight is 421 g/mol. The number of hydrogen-bond acceptors (Lipinski definition) is 6. The van der Waals surface area contributed by atoms with Crippen molar-refractivity contribution in [3.8, 4) is 0 Å². The third-order valence-corrected chi connectivity index (χ3v) is 5.91. The third kappa shape index (κ3) is 3.14.